The van der Waals surface area contributed by atoms with Crippen LogP contribution in [0.2, 0.25) is 15.1 Å². The number of benzene rings is 2. The molecule has 0 fully saturated rings. The van der Waals surface area contributed by atoms with Gasteiger partial charge in [0.25, 0.3) is 0 Å². The molecule has 114 valence electrons. The summed E-state index contributed by atoms with van der Waals surface area (Å²) < 4.78 is 0. The Morgan fingerprint density at radius 3 is 2.36 bits per heavy atom. The summed E-state index contributed by atoms with van der Waals surface area (Å²) >= 11 is 17.9. The zero-order valence-electron chi connectivity index (χ0n) is 11.2. The van der Waals surface area contributed by atoms with Crippen molar-refractivity contribution in [1.29, 1.82) is 5.41 Å². The first-order chi connectivity index (χ1) is 10.4. The third kappa shape index (κ3) is 3.91. The summed E-state index contributed by atoms with van der Waals surface area (Å²) in [6.07, 6.45) is 0. The summed E-state index contributed by atoms with van der Waals surface area (Å²) in [5.74, 6) is -1.31. The van der Waals surface area contributed by atoms with Crippen LogP contribution >= 0.6 is 34.8 Å². The second kappa shape index (κ2) is 7.01. The molecule has 22 heavy (non-hydrogen) atoms. The van der Waals surface area contributed by atoms with Crippen molar-refractivity contribution in [2.24, 2.45) is 0 Å². The third-order valence-electron chi connectivity index (χ3n) is 2.95. The van der Waals surface area contributed by atoms with E-state index in [-0.39, 0.29) is 5.56 Å². The van der Waals surface area contributed by atoms with Crippen LogP contribution in [0.15, 0.2) is 36.4 Å². The molecule has 3 N–H and O–H groups in total. The molecule has 2 aromatic rings. The quantitative estimate of drug-likeness (QED) is 0.678. The van der Waals surface area contributed by atoms with Gasteiger partial charge in [-0.2, -0.15) is 0 Å². The molecule has 7 heteroatoms. The molecule has 2 rings (SSSR count). The Labute approximate surface area is 142 Å². The molecule has 4 nitrogen and oxygen atoms in total. The van der Waals surface area contributed by atoms with Crippen molar-refractivity contribution in [3.05, 3.63) is 62.6 Å². The Bertz CT molecular complexity index is 748. The lowest BCUT2D eigenvalue weighted by Gasteiger charge is -2.13. The minimum atomic E-state index is -1.31. The number of aliphatic carboxylic acids is 1. The fourth-order valence-electron chi connectivity index (χ4n) is 1.85. The van der Waals surface area contributed by atoms with E-state index < -0.39 is 11.7 Å². The topological polar surface area (TPSA) is 73.2 Å². The van der Waals surface area contributed by atoms with Crippen molar-refractivity contribution < 1.29 is 9.90 Å². The number of carboxylic acids is 1. The first kappa shape index (κ1) is 16.6. The normalized spacial score (nSPS) is 10.3. The average molecular weight is 358 g/mol. The van der Waals surface area contributed by atoms with Crippen molar-refractivity contribution in [2.45, 2.75) is 6.54 Å². The van der Waals surface area contributed by atoms with Gasteiger partial charge in [-0.15, -0.1) is 0 Å². The number of hydrogen-bond acceptors (Lipinski definition) is 3. The maximum Gasteiger partial charge on any atom is 0.354 e. The predicted octanol–water partition coefficient (Wildman–Crippen LogP) is 4.71. The Hall–Kier alpha value is -1.75. The standard InChI is InChI=1S/C15H11Cl3N2O2/c16-9-2-1-8(12(18)5-9)7-20-13-6-10(17)3-4-11(13)14(19)15(21)22/h1-6,19-20H,7H2,(H,21,22). The molecule has 0 amide bonds. The Morgan fingerprint density at radius 2 is 1.73 bits per heavy atom. The van der Waals surface area contributed by atoms with Crippen LogP contribution in [-0.4, -0.2) is 16.8 Å². The lowest BCUT2D eigenvalue weighted by atomic mass is 10.1. The van der Waals surface area contributed by atoms with Gasteiger partial charge in [-0.1, -0.05) is 40.9 Å². The Kier molecular flexibility index (Phi) is 5.29. The summed E-state index contributed by atoms with van der Waals surface area (Å²) in [6, 6.07) is 9.70. The molecule has 0 aliphatic carbocycles. The van der Waals surface area contributed by atoms with Crippen molar-refractivity contribution in [2.75, 3.05) is 5.32 Å². The van der Waals surface area contributed by atoms with Gasteiger partial charge in [-0.05, 0) is 35.9 Å². The minimum Gasteiger partial charge on any atom is -0.477 e. The SMILES string of the molecule is N=C(C(=O)O)c1ccc(Cl)cc1NCc1ccc(Cl)cc1Cl. The number of halogens is 3. The van der Waals surface area contributed by atoms with E-state index in [1.165, 1.54) is 12.1 Å². The van der Waals surface area contributed by atoms with Crippen LogP contribution in [-0.2, 0) is 11.3 Å². The highest BCUT2D eigenvalue weighted by Gasteiger charge is 2.15. The largest absolute Gasteiger partial charge is 0.477 e. The molecule has 0 aliphatic heterocycles. The number of anilines is 1. The molecule has 0 saturated carbocycles. The van der Waals surface area contributed by atoms with Gasteiger partial charge in [0.15, 0.2) is 0 Å². The monoisotopic (exact) mass is 356 g/mol. The lowest BCUT2D eigenvalue weighted by Crippen LogP contribution is -2.15. The zero-order chi connectivity index (χ0) is 16.3. The van der Waals surface area contributed by atoms with E-state index in [1.54, 1.807) is 24.3 Å². The number of rotatable bonds is 5. The molecule has 0 atom stereocenters. The minimum absolute atomic E-state index is 0.252. The van der Waals surface area contributed by atoms with Gasteiger partial charge < -0.3 is 10.4 Å². The highest BCUT2D eigenvalue weighted by atomic mass is 35.5. The van der Waals surface area contributed by atoms with Crippen LogP contribution in [0, 0.1) is 5.41 Å². The summed E-state index contributed by atoms with van der Waals surface area (Å²) in [5.41, 5.74) is 0.980. The first-order valence-electron chi connectivity index (χ1n) is 6.18. The maximum absolute atomic E-state index is 11.0. The van der Waals surface area contributed by atoms with E-state index in [0.29, 0.717) is 27.3 Å². The van der Waals surface area contributed by atoms with Gasteiger partial charge in [0.05, 0.1) is 0 Å². The highest BCUT2D eigenvalue weighted by molar-refractivity contribution is 6.42. The summed E-state index contributed by atoms with van der Waals surface area (Å²) in [5, 5.41) is 21.1. The third-order valence-corrected chi connectivity index (χ3v) is 3.77. The molecule has 2 aromatic carbocycles. The molecular weight excluding hydrogens is 347 g/mol. The Balaban J connectivity index is 2.27. The van der Waals surface area contributed by atoms with E-state index >= 15 is 0 Å². The molecule has 0 heterocycles. The van der Waals surface area contributed by atoms with Crippen LogP contribution in [0.1, 0.15) is 11.1 Å². The smallest absolute Gasteiger partial charge is 0.354 e. The van der Waals surface area contributed by atoms with Gasteiger partial charge in [-0.3, -0.25) is 5.41 Å². The van der Waals surface area contributed by atoms with Crippen LogP contribution in [0.25, 0.3) is 0 Å². The maximum atomic E-state index is 11.0. The van der Waals surface area contributed by atoms with Crippen LogP contribution in [0.5, 0.6) is 0 Å². The molecule has 0 spiro atoms. The van der Waals surface area contributed by atoms with E-state index in [2.05, 4.69) is 5.32 Å². The summed E-state index contributed by atoms with van der Waals surface area (Å²) in [6.45, 7) is 0.343. The Morgan fingerprint density at radius 1 is 1.09 bits per heavy atom. The molecule has 0 saturated heterocycles. The lowest BCUT2D eigenvalue weighted by molar-refractivity contribution is -0.129. The average Bonchev–Trinajstić information content (AvgIpc) is 2.45. The van der Waals surface area contributed by atoms with Crippen molar-refractivity contribution in [3.63, 3.8) is 0 Å². The van der Waals surface area contributed by atoms with Gasteiger partial charge in [0.1, 0.15) is 5.71 Å². The molecular formula is C15H11Cl3N2O2. The number of nitrogens with one attached hydrogen (secondary N) is 2. The van der Waals surface area contributed by atoms with Crippen LogP contribution in [0.4, 0.5) is 5.69 Å². The number of hydrogen-bond donors (Lipinski definition) is 3. The molecule has 0 aromatic heterocycles. The van der Waals surface area contributed by atoms with Crippen LogP contribution in [0.3, 0.4) is 0 Å². The van der Waals surface area contributed by atoms with E-state index in [4.69, 9.17) is 45.3 Å². The van der Waals surface area contributed by atoms with Crippen molar-refractivity contribution in [1.82, 2.24) is 0 Å². The van der Waals surface area contributed by atoms with Gasteiger partial charge >= 0.3 is 5.97 Å². The number of carbonyl (C=O) groups is 1. The predicted molar refractivity (Wildman–Crippen MR) is 89.7 cm³/mol. The van der Waals surface area contributed by atoms with Gasteiger partial charge in [-0.25, -0.2) is 4.79 Å². The van der Waals surface area contributed by atoms with E-state index in [1.807, 2.05) is 0 Å². The van der Waals surface area contributed by atoms with Crippen molar-refractivity contribution >= 4 is 52.2 Å². The fraction of sp³-hybridized carbons (Fsp3) is 0.0667. The van der Waals surface area contributed by atoms with Gasteiger partial charge in [0, 0.05) is 32.9 Å². The second-order valence-electron chi connectivity index (χ2n) is 4.46. The van der Waals surface area contributed by atoms with Crippen LogP contribution < -0.4 is 5.32 Å². The fourth-order valence-corrected chi connectivity index (χ4v) is 2.50. The van der Waals surface area contributed by atoms with Gasteiger partial charge in [0.2, 0.25) is 0 Å². The van der Waals surface area contributed by atoms with E-state index in [9.17, 15) is 4.79 Å². The molecule has 0 unspecified atom stereocenters. The first-order valence-corrected chi connectivity index (χ1v) is 7.31. The summed E-state index contributed by atoms with van der Waals surface area (Å²) in [7, 11) is 0. The van der Waals surface area contributed by atoms with Crippen molar-refractivity contribution in [3.8, 4) is 0 Å². The highest BCUT2D eigenvalue weighted by Crippen LogP contribution is 2.25. The molecule has 0 aliphatic rings. The molecule has 0 radical (unpaired) electrons. The zero-order valence-corrected chi connectivity index (χ0v) is 13.4. The summed E-state index contributed by atoms with van der Waals surface area (Å²) in [4.78, 5) is 11.0. The molecule has 0 bridgehead atoms. The van der Waals surface area contributed by atoms with E-state index in [0.717, 1.165) is 5.56 Å². The number of carboxylic acid groups (broad SMARTS) is 1. The second-order valence-corrected chi connectivity index (χ2v) is 5.74.